The molecule has 158 valence electrons. The summed E-state index contributed by atoms with van der Waals surface area (Å²) in [5.74, 6) is -0.999. The van der Waals surface area contributed by atoms with Gasteiger partial charge >= 0.3 is 12.1 Å². The Morgan fingerprint density at radius 2 is 1.75 bits per heavy atom. The second-order valence-electron chi connectivity index (χ2n) is 10.2. The van der Waals surface area contributed by atoms with E-state index >= 15 is 0 Å². The van der Waals surface area contributed by atoms with Gasteiger partial charge in [0.25, 0.3) is 0 Å². The first-order chi connectivity index (χ1) is 12.9. The van der Waals surface area contributed by atoms with Crippen LogP contribution in [0.4, 0.5) is 4.79 Å². The molecule has 0 bridgehead atoms. The average Bonchev–Trinajstić information content (AvgIpc) is 2.95. The number of aliphatic carboxylic acids is 1. The van der Waals surface area contributed by atoms with E-state index in [2.05, 4.69) is 19.2 Å². The van der Waals surface area contributed by atoms with Crippen molar-refractivity contribution in [1.82, 2.24) is 10.2 Å². The van der Waals surface area contributed by atoms with Crippen LogP contribution in [0.3, 0.4) is 0 Å². The molecule has 0 aromatic carbocycles. The highest BCUT2D eigenvalue weighted by atomic mass is 16.6. The third-order valence-corrected chi connectivity index (χ3v) is 6.80. The topological polar surface area (TPSA) is 95.9 Å². The van der Waals surface area contributed by atoms with Gasteiger partial charge in [0.2, 0.25) is 5.91 Å². The number of likely N-dealkylation sites (tertiary alicyclic amines) is 1. The van der Waals surface area contributed by atoms with Gasteiger partial charge in [-0.2, -0.15) is 0 Å². The van der Waals surface area contributed by atoms with Crippen LogP contribution in [0.25, 0.3) is 0 Å². The van der Waals surface area contributed by atoms with Crippen molar-refractivity contribution in [3.05, 3.63) is 0 Å². The van der Waals surface area contributed by atoms with E-state index in [1.54, 1.807) is 20.8 Å². The van der Waals surface area contributed by atoms with Gasteiger partial charge in [0.1, 0.15) is 17.7 Å². The molecule has 1 aliphatic heterocycles. The van der Waals surface area contributed by atoms with E-state index in [-0.39, 0.29) is 29.1 Å². The molecule has 3 fully saturated rings. The summed E-state index contributed by atoms with van der Waals surface area (Å²) < 4.78 is 5.37. The summed E-state index contributed by atoms with van der Waals surface area (Å²) in [6.07, 6.45) is 4.26. The molecule has 0 spiro atoms. The van der Waals surface area contributed by atoms with Crippen molar-refractivity contribution in [3.8, 4) is 0 Å². The Morgan fingerprint density at radius 3 is 2.29 bits per heavy atom. The number of nitrogens with zero attached hydrogens (tertiary/aromatic N) is 1. The molecule has 4 atom stereocenters. The van der Waals surface area contributed by atoms with Crippen molar-refractivity contribution < 1.29 is 24.2 Å². The van der Waals surface area contributed by atoms with Crippen LogP contribution in [-0.4, -0.2) is 52.2 Å². The first-order valence-electron chi connectivity index (χ1n) is 10.5. The Kier molecular flexibility index (Phi) is 5.40. The van der Waals surface area contributed by atoms with Crippen molar-refractivity contribution in [2.45, 2.75) is 84.4 Å². The smallest absolute Gasteiger partial charge is 0.408 e. The molecule has 3 aliphatic rings. The minimum absolute atomic E-state index is 0.0116. The number of fused-ring (bicyclic) bond motifs is 1. The number of hydrogen-bond acceptors (Lipinski definition) is 4. The Labute approximate surface area is 167 Å². The molecule has 2 amide bonds. The number of carboxylic acids is 1. The van der Waals surface area contributed by atoms with E-state index < -0.39 is 29.7 Å². The molecular formula is C21H34N2O5. The first kappa shape index (κ1) is 20.9. The highest BCUT2D eigenvalue weighted by molar-refractivity contribution is 5.91. The molecule has 2 N–H and O–H groups in total. The predicted octanol–water partition coefficient (Wildman–Crippen LogP) is 3.03. The Morgan fingerprint density at radius 1 is 1.14 bits per heavy atom. The fourth-order valence-electron chi connectivity index (χ4n) is 5.26. The van der Waals surface area contributed by atoms with Gasteiger partial charge in [-0.3, -0.25) is 4.79 Å². The third-order valence-electron chi connectivity index (χ3n) is 6.80. The number of alkyl carbamates (subject to hydrolysis) is 1. The first-order valence-corrected chi connectivity index (χ1v) is 10.5. The van der Waals surface area contributed by atoms with Crippen molar-refractivity contribution in [2.75, 3.05) is 6.54 Å². The Hall–Kier alpha value is -1.79. The molecule has 1 heterocycles. The van der Waals surface area contributed by atoms with Crippen molar-refractivity contribution in [2.24, 2.45) is 23.2 Å². The monoisotopic (exact) mass is 394 g/mol. The molecule has 0 aromatic heterocycles. The Balaban J connectivity index is 1.78. The summed E-state index contributed by atoms with van der Waals surface area (Å²) in [6.45, 7) is 9.92. The van der Waals surface area contributed by atoms with Gasteiger partial charge in [-0.15, -0.1) is 0 Å². The van der Waals surface area contributed by atoms with Gasteiger partial charge in [0, 0.05) is 12.5 Å². The largest absolute Gasteiger partial charge is 0.480 e. The van der Waals surface area contributed by atoms with Gasteiger partial charge in [0.05, 0.1) is 0 Å². The lowest BCUT2D eigenvalue weighted by Gasteiger charge is -2.36. The number of nitrogens with one attached hydrogen (secondary N) is 1. The summed E-state index contributed by atoms with van der Waals surface area (Å²) in [7, 11) is 0. The molecular weight excluding hydrogens is 360 g/mol. The van der Waals surface area contributed by atoms with E-state index in [0.717, 1.165) is 32.1 Å². The maximum atomic E-state index is 13.4. The van der Waals surface area contributed by atoms with E-state index in [1.165, 1.54) is 4.90 Å². The zero-order chi connectivity index (χ0) is 20.9. The van der Waals surface area contributed by atoms with Crippen LogP contribution in [0, 0.1) is 23.2 Å². The molecule has 0 aromatic rings. The van der Waals surface area contributed by atoms with Crippen LogP contribution >= 0.6 is 0 Å². The summed E-state index contributed by atoms with van der Waals surface area (Å²) >= 11 is 0. The number of amides is 2. The number of carboxylic acid groups (broad SMARTS) is 1. The Bertz CT molecular complexity index is 648. The van der Waals surface area contributed by atoms with E-state index in [4.69, 9.17) is 4.74 Å². The fraction of sp³-hybridized carbons (Fsp3) is 0.857. The SMILES string of the molecule is CC(C)(C)OC(=O)NC(C(=O)N1C[C@H]2C([C@H]1C(=O)O)C2(C)C)C1CCCCC1. The van der Waals surface area contributed by atoms with Crippen LogP contribution in [0.1, 0.15) is 66.7 Å². The standard InChI is InChI=1S/C21H34N2O5/c1-20(2,3)28-19(27)22-15(12-9-7-6-8-10-12)17(24)23-11-13-14(21(13,4)5)16(23)18(25)26/h12-16H,6-11H2,1-5H3,(H,22,27)(H,25,26)/t13-,14?,15?,16-/m0/s1. The molecule has 2 aliphatic carbocycles. The maximum absolute atomic E-state index is 13.4. The summed E-state index contributed by atoms with van der Waals surface area (Å²) in [4.78, 5) is 39.3. The number of hydrogen-bond donors (Lipinski definition) is 2. The van der Waals surface area contributed by atoms with Crippen molar-refractivity contribution in [3.63, 3.8) is 0 Å². The quantitative estimate of drug-likeness (QED) is 0.764. The van der Waals surface area contributed by atoms with Gasteiger partial charge in [-0.1, -0.05) is 33.1 Å². The lowest BCUT2D eigenvalue weighted by atomic mass is 9.83. The highest BCUT2D eigenvalue weighted by Crippen LogP contribution is 2.64. The van der Waals surface area contributed by atoms with Crippen molar-refractivity contribution >= 4 is 18.0 Å². The molecule has 2 unspecified atom stereocenters. The maximum Gasteiger partial charge on any atom is 0.408 e. The summed E-state index contributed by atoms with van der Waals surface area (Å²) in [5, 5.41) is 12.6. The molecule has 7 heteroatoms. The van der Waals surface area contributed by atoms with Crippen LogP contribution in [-0.2, 0) is 14.3 Å². The van der Waals surface area contributed by atoms with Crippen molar-refractivity contribution in [1.29, 1.82) is 0 Å². The van der Waals surface area contributed by atoms with Crippen LogP contribution in [0.2, 0.25) is 0 Å². The van der Waals surface area contributed by atoms with E-state index in [1.807, 2.05) is 0 Å². The van der Waals surface area contributed by atoms with Crippen LogP contribution < -0.4 is 5.32 Å². The number of piperidine rings is 1. The van der Waals surface area contributed by atoms with E-state index in [9.17, 15) is 19.5 Å². The zero-order valence-corrected chi connectivity index (χ0v) is 17.7. The van der Waals surface area contributed by atoms with E-state index in [0.29, 0.717) is 6.54 Å². The second-order valence-corrected chi connectivity index (χ2v) is 10.2. The number of carbonyl (C=O) groups is 3. The number of ether oxygens (including phenoxy) is 1. The van der Waals surface area contributed by atoms with Crippen LogP contribution in [0.5, 0.6) is 0 Å². The number of rotatable bonds is 4. The highest BCUT2D eigenvalue weighted by Gasteiger charge is 2.70. The average molecular weight is 395 g/mol. The lowest BCUT2D eigenvalue weighted by Crippen LogP contribution is -2.57. The van der Waals surface area contributed by atoms with Crippen LogP contribution in [0.15, 0.2) is 0 Å². The molecule has 0 radical (unpaired) electrons. The van der Waals surface area contributed by atoms with Gasteiger partial charge < -0.3 is 20.1 Å². The molecule has 1 saturated heterocycles. The molecule has 7 nitrogen and oxygen atoms in total. The molecule has 28 heavy (non-hydrogen) atoms. The molecule has 2 saturated carbocycles. The fourth-order valence-corrected chi connectivity index (χ4v) is 5.26. The zero-order valence-electron chi connectivity index (χ0n) is 17.7. The summed E-state index contributed by atoms with van der Waals surface area (Å²) in [6, 6.07) is -1.53. The lowest BCUT2D eigenvalue weighted by molar-refractivity contribution is -0.151. The third kappa shape index (κ3) is 3.98. The second kappa shape index (κ2) is 7.23. The molecule has 3 rings (SSSR count). The van der Waals surface area contributed by atoms with Gasteiger partial charge in [0.15, 0.2) is 0 Å². The normalized spacial score (nSPS) is 30.3. The van der Waals surface area contributed by atoms with Gasteiger partial charge in [-0.05, 0) is 50.9 Å². The minimum atomic E-state index is -0.953. The predicted molar refractivity (Wildman–Crippen MR) is 104 cm³/mol. The number of carbonyl (C=O) groups excluding carboxylic acids is 2. The minimum Gasteiger partial charge on any atom is -0.480 e. The summed E-state index contributed by atoms with van der Waals surface area (Å²) in [5.41, 5.74) is -0.702. The van der Waals surface area contributed by atoms with Gasteiger partial charge in [-0.25, -0.2) is 9.59 Å².